The molecule has 0 unspecified atom stereocenters. The van der Waals surface area contributed by atoms with E-state index in [1.54, 1.807) is 36.4 Å². The van der Waals surface area contributed by atoms with Crippen molar-refractivity contribution >= 4 is 38.3 Å². The van der Waals surface area contributed by atoms with E-state index in [1.807, 2.05) is 24.6 Å². The van der Waals surface area contributed by atoms with Gasteiger partial charge in [-0.2, -0.15) is 0 Å². The van der Waals surface area contributed by atoms with E-state index in [4.69, 9.17) is 11.6 Å². The molecule has 1 aromatic heterocycles. The molecule has 0 spiro atoms. The van der Waals surface area contributed by atoms with Crippen molar-refractivity contribution in [2.45, 2.75) is 12.7 Å². The summed E-state index contributed by atoms with van der Waals surface area (Å²) >= 11 is 5.81. The van der Waals surface area contributed by atoms with Gasteiger partial charge in [0, 0.05) is 12.1 Å². The van der Waals surface area contributed by atoms with Crippen molar-refractivity contribution < 1.29 is 8.42 Å². The topological polar surface area (TPSA) is 64.0 Å². The van der Waals surface area contributed by atoms with Crippen molar-refractivity contribution in [1.82, 2.24) is 9.55 Å². The first-order valence-electron chi connectivity index (χ1n) is 7.02. The van der Waals surface area contributed by atoms with E-state index in [2.05, 4.69) is 9.71 Å². The lowest BCUT2D eigenvalue weighted by molar-refractivity contribution is 0.600. The second kappa shape index (κ2) is 5.86. The molecule has 0 aliphatic heterocycles. The number of hydrogen-bond donors (Lipinski definition) is 1. The highest BCUT2D eigenvalue weighted by Crippen LogP contribution is 2.21. The summed E-state index contributed by atoms with van der Waals surface area (Å²) in [6.45, 7) is 1.91. The Labute approximate surface area is 140 Å². The van der Waals surface area contributed by atoms with Crippen LogP contribution in [-0.2, 0) is 22.8 Å². The summed E-state index contributed by atoms with van der Waals surface area (Å²) in [4.78, 5) is 4.41. The van der Waals surface area contributed by atoms with Crippen molar-refractivity contribution in [1.29, 1.82) is 0 Å². The molecule has 0 saturated carbocycles. The molecule has 0 atom stereocenters. The number of imidazole rings is 1. The first-order chi connectivity index (χ1) is 10.8. The molecule has 1 heterocycles. The molecule has 23 heavy (non-hydrogen) atoms. The number of rotatable bonds is 4. The summed E-state index contributed by atoms with van der Waals surface area (Å²) in [7, 11) is -1.57. The van der Waals surface area contributed by atoms with Crippen LogP contribution in [0.15, 0.2) is 42.5 Å². The first-order valence-corrected chi connectivity index (χ1v) is 9.05. The Bertz CT molecular complexity index is 963. The zero-order chi connectivity index (χ0) is 16.6. The minimum atomic E-state index is -3.50. The second-order valence-electron chi connectivity index (χ2n) is 5.41. The maximum atomic E-state index is 12.3. The number of aromatic nitrogens is 2. The predicted octanol–water partition coefficient (Wildman–Crippen LogP) is 3.48. The third kappa shape index (κ3) is 3.48. The molecular formula is C16H16ClN3O2S. The minimum absolute atomic E-state index is 0.108. The molecule has 3 aromatic rings. The number of aryl methyl sites for hydroxylation is 2. The molecule has 2 aromatic carbocycles. The summed E-state index contributed by atoms with van der Waals surface area (Å²) in [6.07, 6.45) is 0. The van der Waals surface area contributed by atoms with Gasteiger partial charge in [-0.05, 0) is 42.8 Å². The van der Waals surface area contributed by atoms with E-state index in [-0.39, 0.29) is 5.75 Å². The minimum Gasteiger partial charge on any atom is -0.331 e. The predicted molar refractivity (Wildman–Crippen MR) is 93.1 cm³/mol. The molecule has 0 saturated heterocycles. The normalized spacial score (nSPS) is 11.8. The van der Waals surface area contributed by atoms with E-state index in [0.717, 1.165) is 16.9 Å². The van der Waals surface area contributed by atoms with Gasteiger partial charge in [-0.1, -0.05) is 23.7 Å². The number of hydrogen-bond acceptors (Lipinski definition) is 3. The van der Waals surface area contributed by atoms with E-state index in [0.29, 0.717) is 16.3 Å². The van der Waals surface area contributed by atoms with Crippen LogP contribution in [0.1, 0.15) is 11.4 Å². The third-order valence-electron chi connectivity index (χ3n) is 3.65. The molecule has 0 fully saturated rings. The number of sulfonamides is 1. The van der Waals surface area contributed by atoms with Crippen LogP contribution in [0.2, 0.25) is 5.02 Å². The second-order valence-corrected chi connectivity index (χ2v) is 7.57. The summed E-state index contributed by atoms with van der Waals surface area (Å²) in [5, 5.41) is 0.579. The molecule has 7 heteroatoms. The van der Waals surface area contributed by atoms with E-state index in [1.165, 1.54) is 0 Å². The number of halogens is 1. The zero-order valence-corrected chi connectivity index (χ0v) is 14.3. The molecule has 0 aliphatic rings. The smallest absolute Gasteiger partial charge is 0.236 e. The van der Waals surface area contributed by atoms with Crippen LogP contribution < -0.4 is 4.72 Å². The molecule has 3 rings (SSSR count). The third-order valence-corrected chi connectivity index (χ3v) is 5.16. The monoisotopic (exact) mass is 349 g/mol. The van der Waals surface area contributed by atoms with E-state index >= 15 is 0 Å². The molecule has 0 aliphatic carbocycles. The highest BCUT2D eigenvalue weighted by atomic mass is 35.5. The quantitative estimate of drug-likeness (QED) is 0.784. The number of nitrogens with zero attached hydrogens (tertiary/aromatic N) is 2. The van der Waals surface area contributed by atoms with Crippen LogP contribution in [0.3, 0.4) is 0 Å². The number of anilines is 1. The van der Waals surface area contributed by atoms with E-state index < -0.39 is 10.0 Å². The number of benzene rings is 2. The van der Waals surface area contributed by atoms with Gasteiger partial charge in [0.05, 0.1) is 22.5 Å². The fourth-order valence-corrected chi connectivity index (χ4v) is 3.71. The maximum Gasteiger partial charge on any atom is 0.236 e. The van der Waals surface area contributed by atoms with Gasteiger partial charge in [0.25, 0.3) is 0 Å². The van der Waals surface area contributed by atoms with Crippen molar-refractivity contribution in [3.8, 4) is 0 Å². The molecule has 5 nitrogen and oxygen atoms in total. The molecule has 120 valence electrons. The van der Waals surface area contributed by atoms with Gasteiger partial charge < -0.3 is 4.57 Å². The van der Waals surface area contributed by atoms with Crippen molar-refractivity contribution in [3.05, 3.63) is 58.9 Å². The Balaban J connectivity index is 1.83. The Morgan fingerprint density at radius 3 is 2.57 bits per heavy atom. The lowest BCUT2D eigenvalue weighted by atomic mass is 10.2. The average molecular weight is 350 g/mol. The van der Waals surface area contributed by atoms with Gasteiger partial charge in [0.1, 0.15) is 5.82 Å². The number of fused-ring (bicyclic) bond motifs is 1. The largest absolute Gasteiger partial charge is 0.331 e. The molecule has 0 amide bonds. The lowest BCUT2D eigenvalue weighted by Gasteiger charge is -2.08. The maximum absolute atomic E-state index is 12.3. The fraction of sp³-hybridized carbons (Fsp3) is 0.188. The van der Waals surface area contributed by atoms with Crippen LogP contribution in [0.5, 0.6) is 0 Å². The SMILES string of the molecule is Cc1nc2cc(NS(=O)(=O)Cc3ccc(Cl)cc3)ccc2n1C. The van der Waals surface area contributed by atoms with Crippen molar-refractivity contribution in [2.24, 2.45) is 7.05 Å². The van der Waals surface area contributed by atoms with Crippen LogP contribution >= 0.6 is 11.6 Å². The van der Waals surface area contributed by atoms with Gasteiger partial charge in [0.15, 0.2) is 0 Å². The summed E-state index contributed by atoms with van der Waals surface area (Å²) < 4.78 is 29.1. The Hall–Kier alpha value is -2.05. The fourth-order valence-electron chi connectivity index (χ4n) is 2.40. The van der Waals surface area contributed by atoms with Gasteiger partial charge in [-0.3, -0.25) is 4.72 Å². The Kier molecular flexibility index (Phi) is 4.04. The average Bonchev–Trinajstić information content (AvgIpc) is 2.75. The zero-order valence-electron chi connectivity index (χ0n) is 12.7. The molecular weight excluding hydrogens is 334 g/mol. The standard InChI is InChI=1S/C16H16ClN3O2S/c1-11-18-15-9-14(7-8-16(15)20(11)2)19-23(21,22)10-12-3-5-13(17)6-4-12/h3-9,19H,10H2,1-2H3. The van der Waals surface area contributed by atoms with Gasteiger partial charge in [-0.15, -0.1) is 0 Å². The molecule has 0 bridgehead atoms. The van der Waals surface area contributed by atoms with Crippen molar-refractivity contribution in [2.75, 3.05) is 4.72 Å². The first kappa shape index (κ1) is 15.8. The lowest BCUT2D eigenvalue weighted by Crippen LogP contribution is -2.15. The van der Waals surface area contributed by atoms with Crippen LogP contribution in [0.25, 0.3) is 11.0 Å². The van der Waals surface area contributed by atoms with E-state index in [9.17, 15) is 8.42 Å². The highest BCUT2D eigenvalue weighted by Gasteiger charge is 2.13. The highest BCUT2D eigenvalue weighted by molar-refractivity contribution is 7.91. The molecule has 1 N–H and O–H groups in total. The van der Waals surface area contributed by atoms with Crippen LogP contribution in [-0.4, -0.2) is 18.0 Å². The summed E-state index contributed by atoms with van der Waals surface area (Å²) in [5.74, 6) is 0.768. The van der Waals surface area contributed by atoms with Crippen LogP contribution in [0, 0.1) is 6.92 Å². The van der Waals surface area contributed by atoms with Crippen molar-refractivity contribution in [3.63, 3.8) is 0 Å². The van der Waals surface area contributed by atoms with Gasteiger partial charge in [0.2, 0.25) is 10.0 Å². The molecule has 0 radical (unpaired) electrons. The Morgan fingerprint density at radius 2 is 1.87 bits per heavy atom. The number of nitrogens with one attached hydrogen (secondary N) is 1. The summed E-state index contributed by atoms with van der Waals surface area (Å²) in [6, 6.07) is 12.1. The van der Waals surface area contributed by atoms with Gasteiger partial charge >= 0.3 is 0 Å². The van der Waals surface area contributed by atoms with Gasteiger partial charge in [-0.25, -0.2) is 13.4 Å². The Morgan fingerprint density at radius 1 is 1.17 bits per heavy atom. The summed E-state index contributed by atoms with van der Waals surface area (Å²) in [5.41, 5.74) is 2.90. The van der Waals surface area contributed by atoms with Crippen LogP contribution in [0.4, 0.5) is 5.69 Å².